The molecule has 0 spiro atoms. The minimum atomic E-state index is 0.295. The van der Waals surface area contributed by atoms with Gasteiger partial charge in [0.1, 0.15) is 0 Å². The van der Waals surface area contributed by atoms with Gasteiger partial charge < -0.3 is 15.4 Å². The summed E-state index contributed by atoms with van der Waals surface area (Å²) in [5.41, 5.74) is 1.79. The fourth-order valence-electron chi connectivity index (χ4n) is 2.12. The van der Waals surface area contributed by atoms with Crippen LogP contribution in [0.25, 0.3) is 0 Å². The maximum absolute atomic E-state index is 8.75. The standard InChI is InChI=1S/C15H20N4O/c1-17-15(19-11-14-3-2-8-20-14)18-10-13-6-4-12(9-16)5-7-13/h4-7,14H,2-3,8,10-11H2,1H3,(H2,17,18,19). The van der Waals surface area contributed by atoms with Crippen LogP contribution in [0.1, 0.15) is 24.0 Å². The molecule has 5 heteroatoms. The van der Waals surface area contributed by atoms with E-state index in [0.717, 1.165) is 37.5 Å². The molecule has 5 nitrogen and oxygen atoms in total. The number of rotatable bonds is 4. The van der Waals surface area contributed by atoms with Gasteiger partial charge in [-0.1, -0.05) is 12.1 Å². The Balaban J connectivity index is 1.76. The maximum atomic E-state index is 8.75. The average Bonchev–Trinajstić information content (AvgIpc) is 3.01. The van der Waals surface area contributed by atoms with Crippen molar-refractivity contribution in [3.63, 3.8) is 0 Å². The predicted octanol–water partition coefficient (Wildman–Crippen LogP) is 1.40. The minimum Gasteiger partial charge on any atom is -0.376 e. The monoisotopic (exact) mass is 272 g/mol. The van der Waals surface area contributed by atoms with Crippen molar-refractivity contribution in [1.82, 2.24) is 10.6 Å². The molecular weight excluding hydrogens is 252 g/mol. The number of nitriles is 1. The van der Waals surface area contributed by atoms with E-state index >= 15 is 0 Å². The first-order chi connectivity index (χ1) is 9.81. The molecule has 1 unspecified atom stereocenters. The van der Waals surface area contributed by atoms with Crippen LogP contribution in [-0.4, -0.2) is 32.3 Å². The third kappa shape index (κ3) is 4.25. The fraction of sp³-hybridized carbons (Fsp3) is 0.467. The van der Waals surface area contributed by atoms with Gasteiger partial charge >= 0.3 is 0 Å². The molecule has 1 saturated heterocycles. The quantitative estimate of drug-likeness (QED) is 0.642. The third-order valence-electron chi connectivity index (χ3n) is 3.29. The van der Waals surface area contributed by atoms with Gasteiger partial charge in [-0.15, -0.1) is 0 Å². The van der Waals surface area contributed by atoms with E-state index in [4.69, 9.17) is 10.00 Å². The molecule has 106 valence electrons. The number of nitrogens with one attached hydrogen (secondary N) is 2. The van der Waals surface area contributed by atoms with E-state index in [9.17, 15) is 0 Å². The van der Waals surface area contributed by atoms with E-state index < -0.39 is 0 Å². The Hall–Kier alpha value is -2.06. The number of ether oxygens (including phenoxy) is 1. The number of hydrogen-bond acceptors (Lipinski definition) is 3. The third-order valence-corrected chi connectivity index (χ3v) is 3.29. The second kappa shape index (κ2) is 7.51. The summed E-state index contributed by atoms with van der Waals surface area (Å²) < 4.78 is 5.56. The highest BCUT2D eigenvalue weighted by molar-refractivity contribution is 5.79. The largest absolute Gasteiger partial charge is 0.376 e. The number of aliphatic imine (C=N–C) groups is 1. The SMILES string of the molecule is CN=C(NCc1ccc(C#N)cc1)NCC1CCCO1. The first-order valence-corrected chi connectivity index (χ1v) is 6.87. The van der Waals surface area contributed by atoms with Crippen LogP contribution in [0.2, 0.25) is 0 Å². The molecule has 1 aliphatic rings. The summed E-state index contributed by atoms with van der Waals surface area (Å²) in [5.74, 6) is 0.768. The van der Waals surface area contributed by atoms with Crippen LogP contribution in [0.5, 0.6) is 0 Å². The molecule has 0 saturated carbocycles. The van der Waals surface area contributed by atoms with Crippen molar-refractivity contribution in [2.75, 3.05) is 20.2 Å². The van der Waals surface area contributed by atoms with Crippen LogP contribution in [0.4, 0.5) is 0 Å². The van der Waals surface area contributed by atoms with Crippen LogP contribution < -0.4 is 10.6 Å². The Morgan fingerprint density at radius 3 is 2.80 bits per heavy atom. The van der Waals surface area contributed by atoms with Crippen LogP contribution in [0.15, 0.2) is 29.3 Å². The van der Waals surface area contributed by atoms with Crippen LogP contribution in [0.3, 0.4) is 0 Å². The number of guanidine groups is 1. The second-order valence-corrected chi connectivity index (χ2v) is 4.75. The van der Waals surface area contributed by atoms with Crippen LogP contribution in [0, 0.1) is 11.3 Å². The van der Waals surface area contributed by atoms with E-state index in [2.05, 4.69) is 21.7 Å². The molecule has 1 fully saturated rings. The van der Waals surface area contributed by atoms with E-state index in [-0.39, 0.29) is 0 Å². The van der Waals surface area contributed by atoms with Gasteiger partial charge in [0, 0.05) is 26.7 Å². The number of nitrogens with zero attached hydrogens (tertiary/aromatic N) is 2. The maximum Gasteiger partial charge on any atom is 0.191 e. The smallest absolute Gasteiger partial charge is 0.191 e. The van der Waals surface area contributed by atoms with E-state index in [1.165, 1.54) is 0 Å². The van der Waals surface area contributed by atoms with E-state index in [1.807, 2.05) is 24.3 Å². The average molecular weight is 272 g/mol. The van der Waals surface area contributed by atoms with Gasteiger partial charge in [-0.3, -0.25) is 4.99 Å². The topological polar surface area (TPSA) is 69.4 Å². The van der Waals surface area contributed by atoms with E-state index in [0.29, 0.717) is 18.2 Å². The summed E-state index contributed by atoms with van der Waals surface area (Å²) in [6.07, 6.45) is 2.55. The van der Waals surface area contributed by atoms with Crippen molar-refractivity contribution in [3.05, 3.63) is 35.4 Å². The molecule has 0 aromatic heterocycles. The zero-order chi connectivity index (χ0) is 14.2. The lowest BCUT2D eigenvalue weighted by atomic mass is 10.1. The summed E-state index contributed by atoms with van der Waals surface area (Å²) >= 11 is 0. The summed E-state index contributed by atoms with van der Waals surface area (Å²) in [4.78, 5) is 4.18. The van der Waals surface area contributed by atoms with Gasteiger partial charge in [0.05, 0.1) is 17.7 Å². The minimum absolute atomic E-state index is 0.295. The lowest BCUT2D eigenvalue weighted by molar-refractivity contribution is 0.114. The Bertz CT molecular complexity index is 484. The van der Waals surface area contributed by atoms with Crippen molar-refractivity contribution in [2.24, 2.45) is 4.99 Å². The molecule has 1 aliphatic heterocycles. The predicted molar refractivity (Wildman–Crippen MR) is 78.3 cm³/mol. The molecule has 0 aliphatic carbocycles. The normalized spacial score (nSPS) is 18.6. The lowest BCUT2D eigenvalue weighted by Crippen LogP contribution is -2.40. The summed E-state index contributed by atoms with van der Waals surface area (Å²) in [7, 11) is 1.75. The summed E-state index contributed by atoms with van der Waals surface area (Å²) in [6, 6.07) is 9.64. The summed E-state index contributed by atoms with van der Waals surface area (Å²) in [5, 5.41) is 15.3. The molecule has 1 heterocycles. The second-order valence-electron chi connectivity index (χ2n) is 4.75. The van der Waals surface area contributed by atoms with Crippen molar-refractivity contribution in [1.29, 1.82) is 5.26 Å². The van der Waals surface area contributed by atoms with Gasteiger partial charge in [-0.2, -0.15) is 5.26 Å². The highest BCUT2D eigenvalue weighted by Gasteiger charge is 2.15. The van der Waals surface area contributed by atoms with Gasteiger partial charge in [-0.25, -0.2) is 0 Å². The highest BCUT2D eigenvalue weighted by Crippen LogP contribution is 2.10. The lowest BCUT2D eigenvalue weighted by Gasteiger charge is -2.15. The van der Waals surface area contributed by atoms with E-state index in [1.54, 1.807) is 7.05 Å². The zero-order valence-electron chi connectivity index (χ0n) is 11.7. The number of benzene rings is 1. The van der Waals surface area contributed by atoms with Gasteiger partial charge in [0.25, 0.3) is 0 Å². The van der Waals surface area contributed by atoms with Crippen molar-refractivity contribution < 1.29 is 4.74 Å². The van der Waals surface area contributed by atoms with Crippen molar-refractivity contribution in [2.45, 2.75) is 25.5 Å². The Morgan fingerprint density at radius 2 is 2.20 bits per heavy atom. The van der Waals surface area contributed by atoms with Gasteiger partial charge in [0.15, 0.2) is 5.96 Å². The Kier molecular flexibility index (Phi) is 5.39. The molecular formula is C15H20N4O. The molecule has 1 aromatic rings. The number of hydrogen-bond donors (Lipinski definition) is 2. The molecule has 1 aromatic carbocycles. The Labute approximate surface area is 119 Å². The van der Waals surface area contributed by atoms with Crippen molar-refractivity contribution >= 4 is 5.96 Å². The zero-order valence-corrected chi connectivity index (χ0v) is 11.7. The molecule has 20 heavy (non-hydrogen) atoms. The molecule has 0 amide bonds. The van der Waals surface area contributed by atoms with Gasteiger partial charge in [0.2, 0.25) is 0 Å². The van der Waals surface area contributed by atoms with Crippen molar-refractivity contribution in [3.8, 4) is 6.07 Å². The van der Waals surface area contributed by atoms with Crippen LogP contribution in [-0.2, 0) is 11.3 Å². The highest BCUT2D eigenvalue weighted by atomic mass is 16.5. The molecule has 2 N–H and O–H groups in total. The van der Waals surface area contributed by atoms with Crippen LogP contribution >= 0.6 is 0 Å². The Morgan fingerprint density at radius 1 is 1.40 bits per heavy atom. The molecule has 0 bridgehead atoms. The molecule has 1 atom stereocenters. The first kappa shape index (κ1) is 14.4. The van der Waals surface area contributed by atoms with Gasteiger partial charge in [-0.05, 0) is 30.5 Å². The first-order valence-electron chi connectivity index (χ1n) is 6.87. The molecule has 0 radical (unpaired) electrons. The fourth-order valence-corrected chi connectivity index (χ4v) is 2.12. The summed E-state index contributed by atoms with van der Waals surface area (Å²) in [6.45, 7) is 2.33. The molecule has 2 rings (SSSR count).